The number of esters is 2. The third kappa shape index (κ3) is 4.35. The van der Waals surface area contributed by atoms with Crippen LogP contribution < -0.4 is 4.74 Å². The molecule has 7 nitrogen and oxygen atoms in total. The average molecular weight is 408 g/mol. The summed E-state index contributed by atoms with van der Waals surface area (Å²) in [6, 6.07) is 16.3. The zero-order valence-corrected chi connectivity index (χ0v) is 17.3. The van der Waals surface area contributed by atoms with E-state index in [4.69, 9.17) is 14.2 Å². The quantitative estimate of drug-likeness (QED) is 0.409. The summed E-state index contributed by atoms with van der Waals surface area (Å²) in [6.07, 6.45) is 1.96. The van der Waals surface area contributed by atoms with Crippen molar-refractivity contribution in [1.29, 1.82) is 0 Å². The molecule has 0 aliphatic heterocycles. The first-order valence-electron chi connectivity index (χ1n) is 9.69. The Kier molecular flexibility index (Phi) is 6.85. The Labute approximate surface area is 175 Å². The summed E-state index contributed by atoms with van der Waals surface area (Å²) < 4.78 is 17.1. The van der Waals surface area contributed by atoms with E-state index in [0.717, 1.165) is 12.8 Å². The molecule has 0 amide bonds. The number of nitrogens with zero attached hydrogens (tertiary/aromatic N) is 2. The Balaban J connectivity index is 2.19. The molecule has 0 unspecified atom stereocenters. The van der Waals surface area contributed by atoms with Crippen LogP contribution in [0, 0.1) is 0 Å². The van der Waals surface area contributed by atoms with Crippen molar-refractivity contribution in [3.05, 3.63) is 65.9 Å². The number of rotatable bonds is 8. The van der Waals surface area contributed by atoms with Crippen molar-refractivity contribution in [3.63, 3.8) is 0 Å². The summed E-state index contributed by atoms with van der Waals surface area (Å²) >= 11 is 0. The van der Waals surface area contributed by atoms with Crippen LogP contribution in [0.5, 0.6) is 5.75 Å². The molecular formula is C23H24N2O5. The maximum Gasteiger partial charge on any atom is 0.357 e. The minimum Gasteiger partial charge on any atom is -0.494 e. The minimum absolute atomic E-state index is 0.00264. The number of para-hydroxylation sites is 1. The van der Waals surface area contributed by atoms with Crippen LogP contribution in [0.3, 0.4) is 0 Å². The molecule has 1 aromatic heterocycles. The fraction of sp³-hybridized carbons (Fsp3) is 0.261. The molecule has 0 saturated heterocycles. The van der Waals surface area contributed by atoms with Gasteiger partial charge in [0, 0.05) is 5.56 Å². The van der Waals surface area contributed by atoms with Crippen molar-refractivity contribution in [2.75, 3.05) is 20.8 Å². The zero-order valence-electron chi connectivity index (χ0n) is 17.3. The zero-order chi connectivity index (χ0) is 21.5. The molecule has 7 heteroatoms. The summed E-state index contributed by atoms with van der Waals surface area (Å²) in [5.41, 5.74) is 1.60. The van der Waals surface area contributed by atoms with E-state index in [9.17, 15) is 9.59 Å². The number of hydrogen-bond donors (Lipinski definition) is 0. The largest absolute Gasteiger partial charge is 0.494 e. The van der Waals surface area contributed by atoms with E-state index in [1.807, 2.05) is 30.3 Å². The molecule has 1 heterocycles. The lowest BCUT2D eigenvalue weighted by Gasteiger charge is -2.08. The van der Waals surface area contributed by atoms with E-state index in [2.05, 4.69) is 12.0 Å². The van der Waals surface area contributed by atoms with Crippen LogP contribution in [0.4, 0.5) is 0 Å². The van der Waals surface area contributed by atoms with E-state index in [1.165, 1.54) is 18.9 Å². The van der Waals surface area contributed by atoms with Crippen LogP contribution in [-0.4, -0.2) is 42.5 Å². The first-order valence-corrected chi connectivity index (χ1v) is 9.69. The molecule has 0 atom stereocenters. The minimum atomic E-state index is -0.687. The molecule has 0 N–H and O–H groups in total. The topological polar surface area (TPSA) is 79.7 Å². The fourth-order valence-corrected chi connectivity index (χ4v) is 3.02. The van der Waals surface area contributed by atoms with Crippen molar-refractivity contribution in [3.8, 4) is 22.7 Å². The molecule has 0 aliphatic rings. The van der Waals surface area contributed by atoms with Gasteiger partial charge in [0.25, 0.3) is 0 Å². The number of methoxy groups -OCH3 is 2. The van der Waals surface area contributed by atoms with Gasteiger partial charge in [0.05, 0.1) is 26.5 Å². The highest BCUT2D eigenvalue weighted by atomic mass is 16.5. The van der Waals surface area contributed by atoms with Gasteiger partial charge in [-0.15, -0.1) is 0 Å². The highest BCUT2D eigenvalue weighted by molar-refractivity contribution is 6.06. The number of aromatic nitrogens is 2. The molecule has 3 aromatic rings. The lowest BCUT2D eigenvalue weighted by atomic mass is 10.1. The standard InChI is InChI=1S/C23H24N2O5/c1-4-5-14-30-18-13-9-10-16(15-18)20-19(22(26)28-2)21(23(27)29-3)25(24-20)17-11-7-6-8-12-17/h6-13,15H,4-5,14H2,1-3H3. The summed E-state index contributed by atoms with van der Waals surface area (Å²) in [5.74, 6) is -0.705. The molecule has 0 bridgehead atoms. The maximum atomic E-state index is 12.7. The first kappa shape index (κ1) is 21.1. The second kappa shape index (κ2) is 9.73. The number of ether oxygens (including phenoxy) is 3. The highest BCUT2D eigenvalue weighted by Gasteiger charge is 2.31. The van der Waals surface area contributed by atoms with E-state index < -0.39 is 11.9 Å². The lowest BCUT2D eigenvalue weighted by molar-refractivity contribution is 0.0549. The van der Waals surface area contributed by atoms with Crippen molar-refractivity contribution >= 4 is 11.9 Å². The van der Waals surface area contributed by atoms with Gasteiger partial charge in [-0.3, -0.25) is 0 Å². The number of benzene rings is 2. The predicted octanol–water partition coefficient (Wildman–Crippen LogP) is 4.29. The normalized spacial score (nSPS) is 10.5. The van der Waals surface area contributed by atoms with E-state index in [0.29, 0.717) is 29.3 Å². The summed E-state index contributed by atoms with van der Waals surface area (Å²) in [7, 11) is 2.52. The molecule has 2 aromatic carbocycles. The van der Waals surface area contributed by atoms with Gasteiger partial charge in [0.15, 0.2) is 5.69 Å². The van der Waals surface area contributed by atoms with Crippen LogP contribution in [0.1, 0.15) is 40.6 Å². The van der Waals surface area contributed by atoms with Crippen molar-refractivity contribution in [2.24, 2.45) is 0 Å². The molecule has 0 aliphatic carbocycles. The molecule has 0 saturated carbocycles. The molecule has 156 valence electrons. The molecule has 3 rings (SSSR count). The van der Waals surface area contributed by atoms with Crippen molar-refractivity contribution < 1.29 is 23.8 Å². The van der Waals surface area contributed by atoms with Gasteiger partial charge in [0.1, 0.15) is 17.0 Å². The van der Waals surface area contributed by atoms with Gasteiger partial charge in [-0.25, -0.2) is 14.3 Å². The number of hydrogen-bond acceptors (Lipinski definition) is 6. The Morgan fingerprint density at radius 1 is 0.967 bits per heavy atom. The van der Waals surface area contributed by atoms with Gasteiger partial charge < -0.3 is 14.2 Å². The summed E-state index contributed by atoms with van der Waals surface area (Å²) in [5, 5.41) is 4.59. The Bertz CT molecular complexity index is 1030. The summed E-state index contributed by atoms with van der Waals surface area (Å²) in [4.78, 5) is 25.3. The molecule has 30 heavy (non-hydrogen) atoms. The fourth-order valence-electron chi connectivity index (χ4n) is 3.02. The van der Waals surface area contributed by atoms with Gasteiger partial charge in [-0.05, 0) is 30.7 Å². The van der Waals surface area contributed by atoms with E-state index in [-0.39, 0.29) is 11.3 Å². The molecular weight excluding hydrogens is 384 g/mol. The maximum absolute atomic E-state index is 12.7. The Morgan fingerprint density at radius 2 is 1.70 bits per heavy atom. The smallest absolute Gasteiger partial charge is 0.357 e. The van der Waals surface area contributed by atoms with Gasteiger partial charge in [0.2, 0.25) is 0 Å². The first-order chi connectivity index (χ1) is 14.6. The predicted molar refractivity (Wildman–Crippen MR) is 112 cm³/mol. The van der Waals surface area contributed by atoms with E-state index in [1.54, 1.807) is 24.3 Å². The van der Waals surface area contributed by atoms with Crippen molar-refractivity contribution in [2.45, 2.75) is 19.8 Å². The van der Waals surface area contributed by atoms with Crippen LogP contribution in [0.25, 0.3) is 16.9 Å². The van der Waals surface area contributed by atoms with Gasteiger partial charge in [-0.2, -0.15) is 5.10 Å². The van der Waals surface area contributed by atoms with Crippen LogP contribution in [0.15, 0.2) is 54.6 Å². The number of carbonyl (C=O) groups is 2. The highest BCUT2D eigenvalue weighted by Crippen LogP contribution is 2.31. The second-order valence-corrected chi connectivity index (χ2v) is 6.53. The van der Waals surface area contributed by atoms with Crippen LogP contribution >= 0.6 is 0 Å². The average Bonchev–Trinajstić information content (AvgIpc) is 3.20. The van der Waals surface area contributed by atoms with Gasteiger partial charge >= 0.3 is 11.9 Å². The van der Waals surface area contributed by atoms with E-state index >= 15 is 0 Å². The lowest BCUT2D eigenvalue weighted by Crippen LogP contribution is -2.15. The van der Waals surface area contributed by atoms with Crippen molar-refractivity contribution in [1.82, 2.24) is 9.78 Å². The SMILES string of the molecule is CCCCOc1cccc(-c2nn(-c3ccccc3)c(C(=O)OC)c2C(=O)OC)c1. The van der Waals surface area contributed by atoms with Gasteiger partial charge in [-0.1, -0.05) is 43.7 Å². The Morgan fingerprint density at radius 3 is 2.37 bits per heavy atom. The number of unbranched alkanes of at least 4 members (excludes halogenated alkanes) is 1. The third-order valence-corrected chi connectivity index (χ3v) is 4.53. The van der Waals surface area contributed by atoms with Crippen LogP contribution in [-0.2, 0) is 9.47 Å². The monoisotopic (exact) mass is 408 g/mol. The molecule has 0 spiro atoms. The molecule has 0 fully saturated rings. The van der Waals surface area contributed by atoms with Crippen LogP contribution in [0.2, 0.25) is 0 Å². The number of carbonyl (C=O) groups excluding carboxylic acids is 2. The summed E-state index contributed by atoms with van der Waals surface area (Å²) in [6.45, 7) is 2.68. The second-order valence-electron chi connectivity index (χ2n) is 6.53. The third-order valence-electron chi connectivity index (χ3n) is 4.53. The molecule has 0 radical (unpaired) electrons. The Hall–Kier alpha value is -3.61.